The number of benzene rings is 2. The molecule has 0 aromatic heterocycles. The van der Waals surface area contributed by atoms with E-state index in [1.54, 1.807) is 0 Å². The first-order chi connectivity index (χ1) is 11.7. The van der Waals surface area contributed by atoms with Gasteiger partial charge in [0.25, 0.3) is 0 Å². The predicted molar refractivity (Wildman–Crippen MR) is 95.6 cm³/mol. The quantitative estimate of drug-likeness (QED) is 0.894. The van der Waals surface area contributed by atoms with Gasteiger partial charge in [-0.25, -0.2) is 0 Å². The number of amides is 1. The van der Waals surface area contributed by atoms with Crippen LogP contribution in [0.1, 0.15) is 48.3 Å². The summed E-state index contributed by atoms with van der Waals surface area (Å²) in [5.41, 5.74) is 4.34. The van der Waals surface area contributed by atoms with Crippen molar-refractivity contribution in [3.63, 3.8) is 0 Å². The van der Waals surface area contributed by atoms with Crippen LogP contribution in [-0.2, 0) is 11.2 Å². The third-order valence-corrected chi connectivity index (χ3v) is 5.24. The number of nitrogens with one attached hydrogen (secondary N) is 1. The highest BCUT2D eigenvalue weighted by Gasteiger charge is 2.32. The van der Waals surface area contributed by atoms with Crippen LogP contribution in [0.5, 0.6) is 5.75 Å². The van der Waals surface area contributed by atoms with E-state index in [0.29, 0.717) is 12.5 Å². The largest absolute Gasteiger partial charge is 0.490 e. The Morgan fingerprint density at radius 1 is 1.08 bits per heavy atom. The smallest absolute Gasteiger partial charge is 0.232 e. The fourth-order valence-electron chi connectivity index (χ4n) is 3.90. The zero-order valence-electron chi connectivity index (χ0n) is 14.0. The first-order valence-corrected chi connectivity index (χ1v) is 8.87. The van der Waals surface area contributed by atoms with Gasteiger partial charge in [-0.15, -0.1) is 0 Å². The first-order valence-electron chi connectivity index (χ1n) is 8.87. The van der Waals surface area contributed by atoms with Crippen LogP contribution in [0.15, 0.2) is 42.5 Å². The average molecular weight is 321 g/mol. The molecule has 3 heteroatoms. The summed E-state index contributed by atoms with van der Waals surface area (Å²) in [5.74, 6) is 0.904. The van der Waals surface area contributed by atoms with Gasteiger partial charge in [-0.2, -0.15) is 0 Å². The van der Waals surface area contributed by atoms with Gasteiger partial charge in [-0.3, -0.25) is 4.79 Å². The summed E-state index contributed by atoms with van der Waals surface area (Å²) >= 11 is 0. The number of ether oxygens (including phenoxy) is 1. The lowest BCUT2D eigenvalue weighted by Gasteiger charge is -2.18. The number of carbonyl (C=O) groups is 1. The van der Waals surface area contributed by atoms with Crippen molar-refractivity contribution >= 4 is 11.6 Å². The van der Waals surface area contributed by atoms with Crippen molar-refractivity contribution in [1.82, 2.24) is 0 Å². The van der Waals surface area contributed by atoms with E-state index >= 15 is 0 Å². The van der Waals surface area contributed by atoms with Crippen molar-refractivity contribution in [2.75, 3.05) is 5.32 Å². The molecular weight excluding hydrogens is 298 g/mol. The van der Waals surface area contributed by atoms with Gasteiger partial charge < -0.3 is 10.1 Å². The van der Waals surface area contributed by atoms with E-state index in [2.05, 4.69) is 17.4 Å². The van der Waals surface area contributed by atoms with Crippen molar-refractivity contribution in [3.05, 3.63) is 59.2 Å². The lowest BCUT2D eigenvalue weighted by atomic mass is 9.92. The average Bonchev–Trinajstić information content (AvgIpc) is 3.19. The Morgan fingerprint density at radius 2 is 1.88 bits per heavy atom. The molecule has 0 bridgehead atoms. The maximum absolute atomic E-state index is 12.5. The summed E-state index contributed by atoms with van der Waals surface area (Å²) < 4.78 is 6.23. The highest BCUT2D eigenvalue weighted by molar-refractivity contribution is 6.03. The van der Waals surface area contributed by atoms with Crippen molar-refractivity contribution in [1.29, 1.82) is 0 Å². The van der Waals surface area contributed by atoms with Gasteiger partial charge in [-0.05, 0) is 61.8 Å². The fourth-order valence-corrected chi connectivity index (χ4v) is 3.90. The highest BCUT2D eigenvalue weighted by atomic mass is 16.5. The van der Waals surface area contributed by atoms with Crippen molar-refractivity contribution in [2.24, 2.45) is 0 Å². The molecule has 1 fully saturated rings. The second-order valence-electron chi connectivity index (χ2n) is 6.92. The molecule has 2 aromatic rings. The van der Waals surface area contributed by atoms with Crippen molar-refractivity contribution < 1.29 is 9.53 Å². The molecule has 2 aromatic carbocycles. The molecule has 124 valence electrons. The Hall–Kier alpha value is -2.29. The molecule has 1 aliphatic heterocycles. The predicted octanol–water partition coefficient (Wildman–Crippen LogP) is 4.59. The Labute approximate surface area is 143 Å². The van der Waals surface area contributed by atoms with E-state index in [1.807, 2.05) is 37.3 Å². The molecule has 1 saturated carbocycles. The summed E-state index contributed by atoms with van der Waals surface area (Å²) in [7, 11) is 0. The molecule has 1 heterocycles. The van der Waals surface area contributed by atoms with E-state index in [9.17, 15) is 4.79 Å². The zero-order valence-corrected chi connectivity index (χ0v) is 14.0. The molecular formula is C21H23NO2. The molecule has 0 saturated heterocycles. The highest BCUT2D eigenvalue weighted by Crippen LogP contribution is 2.38. The van der Waals surface area contributed by atoms with E-state index in [0.717, 1.165) is 41.0 Å². The van der Waals surface area contributed by atoms with E-state index in [4.69, 9.17) is 4.74 Å². The Bertz CT molecular complexity index is 762. The molecule has 1 amide bonds. The number of carbonyl (C=O) groups excluding carboxylic acids is 1. The van der Waals surface area contributed by atoms with Gasteiger partial charge in [0.15, 0.2) is 0 Å². The maximum Gasteiger partial charge on any atom is 0.232 e. The van der Waals surface area contributed by atoms with Gasteiger partial charge in [-0.1, -0.05) is 36.4 Å². The minimum Gasteiger partial charge on any atom is -0.490 e. The number of anilines is 1. The first kappa shape index (κ1) is 15.3. The van der Waals surface area contributed by atoms with Crippen LogP contribution >= 0.6 is 0 Å². The summed E-state index contributed by atoms with van der Waals surface area (Å²) in [6.07, 6.45) is 5.80. The Balaban J connectivity index is 1.60. The van der Waals surface area contributed by atoms with E-state index in [-0.39, 0.29) is 11.8 Å². The third kappa shape index (κ3) is 2.79. The number of para-hydroxylation sites is 2. The second kappa shape index (κ2) is 6.31. The topological polar surface area (TPSA) is 38.3 Å². The lowest BCUT2D eigenvalue weighted by molar-refractivity contribution is -0.117. The minimum absolute atomic E-state index is 0.0926. The van der Waals surface area contributed by atoms with Crippen LogP contribution in [0, 0.1) is 6.92 Å². The van der Waals surface area contributed by atoms with E-state index in [1.165, 1.54) is 12.8 Å². The van der Waals surface area contributed by atoms with Crippen LogP contribution in [-0.4, -0.2) is 12.0 Å². The van der Waals surface area contributed by atoms with Gasteiger partial charge in [0.1, 0.15) is 5.75 Å². The Kier molecular flexibility index (Phi) is 4.01. The number of hydrogen-bond acceptors (Lipinski definition) is 2. The monoisotopic (exact) mass is 321 g/mol. The molecule has 24 heavy (non-hydrogen) atoms. The molecule has 0 radical (unpaired) electrons. The fraction of sp³-hybridized carbons (Fsp3) is 0.381. The van der Waals surface area contributed by atoms with Crippen molar-refractivity contribution in [2.45, 2.75) is 51.0 Å². The van der Waals surface area contributed by atoms with Crippen LogP contribution in [0.3, 0.4) is 0 Å². The van der Waals surface area contributed by atoms with Crippen LogP contribution in [0.2, 0.25) is 0 Å². The summed E-state index contributed by atoms with van der Waals surface area (Å²) in [6, 6.07) is 14.3. The van der Waals surface area contributed by atoms with Gasteiger partial charge in [0, 0.05) is 5.69 Å². The van der Waals surface area contributed by atoms with Gasteiger partial charge in [0.05, 0.1) is 12.0 Å². The summed E-state index contributed by atoms with van der Waals surface area (Å²) in [4.78, 5) is 12.5. The zero-order chi connectivity index (χ0) is 16.5. The normalized spacial score (nSPS) is 20.0. The molecule has 0 unspecified atom stereocenters. The number of fused-ring (bicyclic) bond motifs is 1. The van der Waals surface area contributed by atoms with Crippen LogP contribution < -0.4 is 10.1 Å². The van der Waals surface area contributed by atoms with E-state index < -0.39 is 0 Å². The maximum atomic E-state index is 12.5. The SMILES string of the molecule is Cc1cccc2c1NC(=O)[C@@H]2Cc1ccccc1OC1CCCC1. The number of hydrogen-bond donors (Lipinski definition) is 1. The molecule has 2 aliphatic rings. The lowest BCUT2D eigenvalue weighted by Crippen LogP contribution is -2.16. The molecule has 4 rings (SSSR count). The minimum atomic E-state index is -0.131. The molecule has 1 N–H and O–H groups in total. The van der Waals surface area contributed by atoms with Gasteiger partial charge >= 0.3 is 0 Å². The molecule has 1 aliphatic carbocycles. The number of rotatable bonds is 4. The van der Waals surface area contributed by atoms with Crippen LogP contribution in [0.25, 0.3) is 0 Å². The third-order valence-electron chi connectivity index (χ3n) is 5.24. The van der Waals surface area contributed by atoms with Crippen molar-refractivity contribution in [3.8, 4) is 5.75 Å². The van der Waals surface area contributed by atoms with Crippen LogP contribution in [0.4, 0.5) is 5.69 Å². The summed E-state index contributed by atoms with van der Waals surface area (Å²) in [5, 5.41) is 3.05. The Morgan fingerprint density at radius 3 is 2.71 bits per heavy atom. The summed E-state index contributed by atoms with van der Waals surface area (Å²) in [6.45, 7) is 2.04. The molecule has 3 nitrogen and oxygen atoms in total. The molecule has 1 atom stereocenters. The standard InChI is InChI=1S/C21H23NO2/c1-14-7-6-11-17-18(21(23)22-20(14)17)13-15-8-2-5-12-19(15)24-16-9-3-4-10-16/h2,5-8,11-12,16,18H,3-4,9-10,13H2,1H3,(H,22,23)/t18-/m1/s1. The second-order valence-corrected chi connectivity index (χ2v) is 6.92. The van der Waals surface area contributed by atoms with Gasteiger partial charge in [0.2, 0.25) is 5.91 Å². The number of aryl methyl sites for hydroxylation is 1. The molecule has 0 spiro atoms.